The number of hydrogen-bond donors (Lipinski definition) is 0. The third-order valence-electron chi connectivity index (χ3n) is 3.77. The molecule has 3 rings (SSSR count). The van der Waals surface area contributed by atoms with Crippen LogP contribution in [0.2, 0.25) is 0 Å². The summed E-state index contributed by atoms with van der Waals surface area (Å²) in [5.41, 5.74) is 1.09. The summed E-state index contributed by atoms with van der Waals surface area (Å²) < 4.78 is 11.1. The third kappa shape index (κ3) is 2.22. The second kappa shape index (κ2) is 5.01. The fourth-order valence-corrected chi connectivity index (χ4v) is 2.79. The monoisotopic (exact) mass is 246 g/mol. The zero-order valence-electron chi connectivity index (χ0n) is 10.5. The molecule has 0 spiro atoms. The second-order valence-corrected chi connectivity index (χ2v) is 5.02. The van der Waals surface area contributed by atoms with Crippen LogP contribution in [-0.4, -0.2) is 19.0 Å². The van der Waals surface area contributed by atoms with E-state index >= 15 is 0 Å². The van der Waals surface area contributed by atoms with Crippen molar-refractivity contribution in [3.63, 3.8) is 0 Å². The summed E-state index contributed by atoms with van der Waals surface area (Å²) in [7, 11) is 0. The third-order valence-corrected chi connectivity index (χ3v) is 3.77. The van der Waals surface area contributed by atoms with Crippen molar-refractivity contribution in [3.05, 3.63) is 23.8 Å². The molecule has 2 aliphatic rings. The van der Waals surface area contributed by atoms with E-state index in [9.17, 15) is 4.79 Å². The van der Waals surface area contributed by atoms with Crippen molar-refractivity contribution in [1.82, 2.24) is 0 Å². The van der Waals surface area contributed by atoms with Gasteiger partial charge in [0.15, 0.2) is 11.5 Å². The molecule has 1 aliphatic carbocycles. The highest BCUT2D eigenvalue weighted by molar-refractivity contribution is 5.86. The zero-order chi connectivity index (χ0) is 12.4. The van der Waals surface area contributed by atoms with Gasteiger partial charge in [-0.3, -0.25) is 4.79 Å². The van der Waals surface area contributed by atoms with E-state index in [-0.39, 0.29) is 5.92 Å². The molecule has 18 heavy (non-hydrogen) atoms. The predicted molar refractivity (Wildman–Crippen MR) is 68.3 cm³/mol. The number of carbonyl (C=O) groups is 1. The maximum absolute atomic E-state index is 12.1. The van der Waals surface area contributed by atoms with Crippen LogP contribution in [0.5, 0.6) is 11.5 Å². The van der Waals surface area contributed by atoms with Gasteiger partial charge in [-0.1, -0.05) is 18.9 Å². The molecule has 0 N–H and O–H groups in total. The van der Waals surface area contributed by atoms with Crippen molar-refractivity contribution in [1.29, 1.82) is 0 Å². The fourth-order valence-electron chi connectivity index (χ4n) is 2.79. The topological polar surface area (TPSA) is 35.5 Å². The van der Waals surface area contributed by atoms with E-state index in [2.05, 4.69) is 0 Å². The summed E-state index contributed by atoms with van der Waals surface area (Å²) in [6.45, 7) is 1.20. The van der Waals surface area contributed by atoms with Gasteiger partial charge in [0, 0.05) is 12.3 Å². The number of benzene rings is 1. The van der Waals surface area contributed by atoms with Gasteiger partial charge in [-0.25, -0.2) is 0 Å². The van der Waals surface area contributed by atoms with Crippen LogP contribution in [-0.2, 0) is 4.79 Å². The molecule has 1 aromatic rings. The van der Waals surface area contributed by atoms with E-state index in [0.29, 0.717) is 19.0 Å². The van der Waals surface area contributed by atoms with Crippen LogP contribution in [0.1, 0.15) is 43.6 Å². The first kappa shape index (κ1) is 11.6. The second-order valence-electron chi connectivity index (χ2n) is 5.02. The van der Waals surface area contributed by atoms with E-state index in [1.54, 1.807) is 0 Å². The SMILES string of the molecule is O=C1CCCCCC1c1ccc2c(c1)OCCO2. The predicted octanol–water partition coefficient (Wildman–Crippen LogP) is 3.07. The van der Waals surface area contributed by atoms with Gasteiger partial charge in [-0.05, 0) is 30.5 Å². The van der Waals surface area contributed by atoms with Crippen molar-refractivity contribution in [2.75, 3.05) is 13.2 Å². The van der Waals surface area contributed by atoms with Crippen LogP contribution in [0.4, 0.5) is 0 Å². The largest absolute Gasteiger partial charge is 0.486 e. The molecular formula is C15H18O3. The average Bonchev–Trinajstić information content (AvgIpc) is 2.63. The van der Waals surface area contributed by atoms with E-state index in [4.69, 9.17) is 9.47 Å². The van der Waals surface area contributed by atoms with Gasteiger partial charge in [0.2, 0.25) is 0 Å². The van der Waals surface area contributed by atoms with Crippen LogP contribution in [0.3, 0.4) is 0 Å². The van der Waals surface area contributed by atoms with Crippen molar-refractivity contribution in [2.24, 2.45) is 0 Å². The Kier molecular flexibility index (Phi) is 3.22. The lowest BCUT2D eigenvalue weighted by Crippen LogP contribution is -2.16. The normalized spacial score (nSPS) is 23.6. The minimum Gasteiger partial charge on any atom is -0.486 e. The van der Waals surface area contributed by atoms with E-state index in [1.807, 2.05) is 18.2 Å². The summed E-state index contributed by atoms with van der Waals surface area (Å²) in [4.78, 5) is 12.1. The molecule has 3 heteroatoms. The summed E-state index contributed by atoms with van der Waals surface area (Å²) in [6, 6.07) is 5.94. The molecule has 1 atom stereocenters. The number of hydrogen-bond acceptors (Lipinski definition) is 3. The lowest BCUT2D eigenvalue weighted by atomic mass is 9.90. The lowest BCUT2D eigenvalue weighted by Gasteiger charge is -2.21. The van der Waals surface area contributed by atoms with Gasteiger partial charge in [-0.2, -0.15) is 0 Å². The molecule has 1 aliphatic heterocycles. The van der Waals surface area contributed by atoms with Crippen LogP contribution >= 0.6 is 0 Å². The number of fused-ring (bicyclic) bond motifs is 1. The molecule has 0 bridgehead atoms. The van der Waals surface area contributed by atoms with Crippen molar-refractivity contribution in [2.45, 2.75) is 38.0 Å². The van der Waals surface area contributed by atoms with Gasteiger partial charge in [0.1, 0.15) is 19.0 Å². The van der Waals surface area contributed by atoms with Gasteiger partial charge in [0.25, 0.3) is 0 Å². The molecular weight excluding hydrogens is 228 g/mol. The number of Topliss-reactive ketones (excluding diaryl/α,β-unsaturated/α-hetero) is 1. The van der Waals surface area contributed by atoms with Crippen molar-refractivity contribution < 1.29 is 14.3 Å². The maximum atomic E-state index is 12.1. The molecule has 96 valence electrons. The summed E-state index contributed by atoms with van der Waals surface area (Å²) in [5.74, 6) is 2.02. The number of ketones is 1. The Bertz CT molecular complexity index is 453. The number of carbonyl (C=O) groups excluding carboxylic acids is 1. The molecule has 1 saturated carbocycles. The first-order valence-corrected chi connectivity index (χ1v) is 6.77. The van der Waals surface area contributed by atoms with Gasteiger partial charge in [-0.15, -0.1) is 0 Å². The Balaban J connectivity index is 1.88. The highest BCUT2D eigenvalue weighted by atomic mass is 16.6. The van der Waals surface area contributed by atoms with Crippen LogP contribution in [0.15, 0.2) is 18.2 Å². The zero-order valence-corrected chi connectivity index (χ0v) is 10.5. The van der Waals surface area contributed by atoms with Crippen molar-refractivity contribution >= 4 is 5.78 Å². The van der Waals surface area contributed by atoms with Crippen LogP contribution in [0.25, 0.3) is 0 Å². The molecule has 0 aromatic heterocycles. The minimum absolute atomic E-state index is 0.0586. The Hall–Kier alpha value is -1.51. The summed E-state index contributed by atoms with van der Waals surface area (Å²) in [5, 5.41) is 0. The Morgan fingerprint density at radius 3 is 2.72 bits per heavy atom. The average molecular weight is 246 g/mol. The smallest absolute Gasteiger partial charge is 0.161 e. The standard InChI is InChI=1S/C15H18O3/c16-13-5-3-1-2-4-12(13)11-6-7-14-15(10-11)18-9-8-17-14/h6-7,10,12H,1-5,8-9H2. The molecule has 1 fully saturated rings. The fraction of sp³-hybridized carbons (Fsp3) is 0.533. The molecule has 0 amide bonds. The number of ether oxygens (including phenoxy) is 2. The molecule has 1 heterocycles. The molecule has 1 unspecified atom stereocenters. The Labute approximate surface area is 107 Å². The molecule has 1 aromatic carbocycles. The summed E-state index contributed by atoms with van der Waals surface area (Å²) in [6.07, 6.45) is 5.05. The van der Waals surface area contributed by atoms with Gasteiger partial charge in [0.05, 0.1) is 0 Å². The molecule has 0 radical (unpaired) electrons. The van der Waals surface area contributed by atoms with Crippen LogP contribution < -0.4 is 9.47 Å². The van der Waals surface area contributed by atoms with Gasteiger partial charge < -0.3 is 9.47 Å². The Morgan fingerprint density at radius 1 is 1.00 bits per heavy atom. The Morgan fingerprint density at radius 2 is 1.83 bits per heavy atom. The van der Waals surface area contributed by atoms with Crippen LogP contribution in [0, 0.1) is 0 Å². The number of rotatable bonds is 1. The quantitative estimate of drug-likeness (QED) is 0.714. The lowest BCUT2D eigenvalue weighted by molar-refractivity contribution is -0.120. The first-order valence-electron chi connectivity index (χ1n) is 6.77. The first-order chi connectivity index (χ1) is 8.84. The summed E-state index contributed by atoms with van der Waals surface area (Å²) >= 11 is 0. The van der Waals surface area contributed by atoms with Gasteiger partial charge >= 0.3 is 0 Å². The van der Waals surface area contributed by atoms with E-state index in [0.717, 1.165) is 42.7 Å². The molecule has 3 nitrogen and oxygen atoms in total. The highest BCUT2D eigenvalue weighted by Crippen LogP contribution is 2.36. The van der Waals surface area contributed by atoms with E-state index < -0.39 is 0 Å². The molecule has 0 saturated heterocycles. The maximum Gasteiger partial charge on any atom is 0.161 e. The minimum atomic E-state index is 0.0586. The highest BCUT2D eigenvalue weighted by Gasteiger charge is 2.24. The van der Waals surface area contributed by atoms with Crippen molar-refractivity contribution in [3.8, 4) is 11.5 Å². The van der Waals surface area contributed by atoms with E-state index in [1.165, 1.54) is 6.42 Å².